The first-order valence-corrected chi connectivity index (χ1v) is 15.7. The van der Waals surface area contributed by atoms with Crippen LogP contribution in [-0.2, 0) is 21.4 Å². The van der Waals surface area contributed by atoms with Gasteiger partial charge in [0, 0.05) is 36.1 Å². The number of ether oxygens (including phenoxy) is 2. The Balaban J connectivity index is 1.34. The number of aromatic nitrogens is 6. The van der Waals surface area contributed by atoms with Crippen LogP contribution in [0, 0.1) is 0 Å². The highest BCUT2D eigenvalue weighted by molar-refractivity contribution is 5.63. The summed E-state index contributed by atoms with van der Waals surface area (Å²) in [5.74, 6) is 1.90. The lowest BCUT2D eigenvalue weighted by molar-refractivity contribution is -0.107. The van der Waals surface area contributed by atoms with Gasteiger partial charge in [-0.25, -0.2) is 4.98 Å². The molecular weight excluding hydrogens is 534 g/mol. The van der Waals surface area contributed by atoms with Gasteiger partial charge in [-0.05, 0) is 84.7 Å². The Morgan fingerprint density at radius 3 is 2.86 bits per heavy atom. The van der Waals surface area contributed by atoms with E-state index < -0.39 is 0 Å². The molecule has 42 heavy (non-hydrogen) atoms. The molecule has 2 aliphatic heterocycles. The third kappa shape index (κ3) is 5.99. The topological polar surface area (TPSA) is 121 Å². The lowest BCUT2D eigenvalue weighted by atomic mass is 9.72. The monoisotopic (exact) mass is 577 g/mol. The van der Waals surface area contributed by atoms with Crippen molar-refractivity contribution >= 4 is 6.29 Å². The van der Waals surface area contributed by atoms with E-state index in [9.17, 15) is 4.79 Å². The normalized spacial score (nSPS) is 25.3. The van der Waals surface area contributed by atoms with Crippen molar-refractivity contribution in [3.05, 3.63) is 23.6 Å². The summed E-state index contributed by atoms with van der Waals surface area (Å²) >= 11 is 0. The van der Waals surface area contributed by atoms with Crippen LogP contribution in [0.1, 0.15) is 102 Å². The molecule has 11 heteroatoms. The van der Waals surface area contributed by atoms with Crippen LogP contribution in [0.3, 0.4) is 0 Å². The molecule has 1 aliphatic carbocycles. The quantitative estimate of drug-likeness (QED) is 0.219. The van der Waals surface area contributed by atoms with E-state index >= 15 is 0 Å². The number of hydrogen-bond donors (Lipinski definition) is 0. The van der Waals surface area contributed by atoms with Gasteiger partial charge in [0.05, 0.1) is 6.20 Å². The Bertz CT molecular complexity index is 1370. The van der Waals surface area contributed by atoms with Crippen molar-refractivity contribution < 1.29 is 18.8 Å². The molecule has 1 unspecified atom stereocenters. The Kier molecular flexibility index (Phi) is 8.67. The van der Waals surface area contributed by atoms with E-state index in [1.165, 1.54) is 6.42 Å². The molecule has 0 saturated carbocycles. The molecule has 0 amide bonds. The fourth-order valence-electron chi connectivity index (χ4n) is 6.90. The van der Waals surface area contributed by atoms with Gasteiger partial charge < -0.3 is 18.8 Å². The van der Waals surface area contributed by atoms with Crippen LogP contribution in [0.5, 0.6) is 5.88 Å². The van der Waals surface area contributed by atoms with Crippen molar-refractivity contribution in [2.45, 2.75) is 115 Å². The summed E-state index contributed by atoms with van der Waals surface area (Å²) in [6.45, 7) is 6.15. The third-order valence-electron chi connectivity index (χ3n) is 9.32. The van der Waals surface area contributed by atoms with Gasteiger partial charge in [-0.15, -0.1) is 5.10 Å². The van der Waals surface area contributed by atoms with Crippen LogP contribution in [0.4, 0.5) is 0 Å². The number of carbonyl (C=O) groups is 1. The SMILES string of the molecule is C[C@H](Oc1cc(-c2cnn(C3CCCCO3)n2)nc(-c2noc3c2CCC[C@@]3(C)CCCCC=O)n1)[C@@H]1CCCN1C. The number of fused-ring (bicyclic) bond motifs is 1. The van der Waals surface area contributed by atoms with Crippen LogP contribution in [0.25, 0.3) is 22.9 Å². The summed E-state index contributed by atoms with van der Waals surface area (Å²) in [5, 5.41) is 13.8. The lowest BCUT2D eigenvalue weighted by Crippen LogP contribution is -2.38. The number of carbonyl (C=O) groups excluding carboxylic acids is 1. The first-order chi connectivity index (χ1) is 20.4. The van der Waals surface area contributed by atoms with Crippen molar-refractivity contribution in [3.63, 3.8) is 0 Å². The third-order valence-corrected chi connectivity index (χ3v) is 9.32. The highest BCUT2D eigenvalue weighted by Crippen LogP contribution is 2.44. The molecule has 3 aromatic rings. The van der Waals surface area contributed by atoms with Crippen molar-refractivity contribution in [2.75, 3.05) is 20.2 Å². The van der Waals surface area contributed by atoms with Crippen LogP contribution in [0.15, 0.2) is 16.8 Å². The molecule has 11 nitrogen and oxygen atoms in total. The summed E-state index contributed by atoms with van der Waals surface area (Å²) in [6.07, 6.45) is 14.2. The molecule has 3 aromatic heterocycles. The van der Waals surface area contributed by atoms with Gasteiger partial charge in [0.1, 0.15) is 29.5 Å². The van der Waals surface area contributed by atoms with E-state index in [2.05, 4.69) is 36.1 Å². The molecule has 0 N–H and O–H groups in total. The van der Waals surface area contributed by atoms with Crippen molar-refractivity contribution in [1.29, 1.82) is 0 Å². The van der Waals surface area contributed by atoms with Gasteiger partial charge in [0.15, 0.2) is 17.7 Å². The number of aldehydes is 1. The predicted molar refractivity (Wildman–Crippen MR) is 156 cm³/mol. The Hall–Kier alpha value is -3.18. The van der Waals surface area contributed by atoms with Crippen LogP contribution < -0.4 is 4.74 Å². The average molecular weight is 578 g/mol. The minimum absolute atomic E-state index is 0.0414. The fourth-order valence-corrected chi connectivity index (χ4v) is 6.90. The summed E-state index contributed by atoms with van der Waals surface area (Å²) in [4.78, 5) is 24.7. The number of hydrogen-bond acceptors (Lipinski definition) is 10. The molecule has 0 spiro atoms. The van der Waals surface area contributed by atoms with E-state index in [0.29, 0.717) is 41.2 Å². The van der Waals surface area contributed by atoms with E-state index in [1.807, 2.05) is 6.07 Å². The van der Waals surface area contributed by atoms with Crippen LogP contribution in [-0.4, -0.2) is 73.6 Å². The molecule has 0 bridgehead atoms. The molecular formula is C31H43N7O4. The zero-order valence-electron chi connectivity index (χ0n) is 25.1. The fraction of sp³-hybridized carbons (Fsp3) is 0.677. The Labute approximate surface area is 247 Å². The smallest absolute Gasteiger partial charge is 0.217 e. The highest BCUT2D eigenvalue weighted by Gasteiger charge is 2.38. The number of unbranched alkanes of at least 4 members (excludes halogenated alkanes) is 2. The second-order valence-electron chi connectivity index (χ2n) is 12.5. The Morgan fingerprint density at radius 1 is 1.17 bits per heavy atom. The predicted octanol–water partition coefficient (Wildman–Crippen LogP) is 5.30. The first-order valence-electron chi connectivity index (χ1n) is 15.7. The van der Waals surface area contributed by atoms with Crippen LogP contribution in [0.2, 0.25) is 0 Å². The molecule has 5 heterocycles. The van der Waals surface area contributed by atoms with Gasteiger partial charge in [0.25, 0.3) is 0 Å². The number of rotatable bonds is 11. The lowest BCUT2D eigenvalue weighted by Gasteiger charge is -2.31. The minimum atomic E-state index is -0.158. The first kappa shape index (κ1) is 28.9. The second-order valence-corrected chi connectivity index (χ2v) is 12.5. The highest BCUT2D eigenvalue weighted by atomic mass is 16.5. The Morgan fingerprint density at radius 2 is 2.07 bits per heavy atom. The summed E-state index contributed by atoms with van der Waals surface area (Å²) < 4.78 is 18.5. The minimum Gasteiger partial charge on any atom is -0.473 e. The van der Waals surface area contributed by atoms with Gasteiger partial charge in [-0.3, -0.25) is 4.90 Å². The van der Waals surface area contributed by atoms with Crippen molar-refractivity contribution in [1.82, 2.24) is 35.0 Å². The molecule has 0 aromatic carbocycles. The average Bonchev–Trinajstić information content (AvgIpc) is 3.76. The maximum atomic E-state index is 10.8. The zero-order chi connectivity index (χ0) is 29.1. The van der Waals surface area contributed by atoms with E-state index in [-0.39, 0.29) is 17.7 Å². The number of likely N-dealkylation sites (tertiary alicyclic amines) is 1. The molecule has 226 valence electrons. The standard InChI is InChI=1S/C31H43N7O4/c1-21(25-12-10-16-37(25)3)41-26-19-23(24-20-32-38(35-24)27-13-5-8-18-40-27)33-30(34-26)28-22-11-9-15-31(2,29(22)42-36-28)14-6-4-7-17-39/h17,19-21,25,27H,4-16,18H2,1-3H3/t21-,25-,27?,31+/m0/s1. The molecule has 2 fully saturated rings. The largest absolute Gasteiger partial charge is 0.473 e. The van der Waals surface area contributed by atoms with E-state index in [4.69, 9.17) is 29.1 Å². The summed E-state index contributed by atoms with van der Waals surface area (Å²) in [6, 6.07) is 2.19. The second kappa shape index (κ2) is 12.6. The zero-order valence-corrected chi connectivity index (χ0v) is 25.1. The summed E-state index contributed by atoms with van der Waals surface area (Å²) in [5.41, 5.74) is 2.89. The molecule has 6 rings (SSSR count). The van der Waals surface area contributed by atoms with Gasteiger partial charge >= 0.3 is 0 Å². The van der Waals surface area contributed by atoms with Gasteiger partial charge in [-0.1, -0.05) is 18.5 Å². The van der Waals surface area contributed by atoms with E-state index in [1.54, 1.807) is 11.0 Å². The molecule has 3 aliphatic rings. The van der Waals surface area contributed by atoms with Crippen LogP contribution >= 0.6 is 0 Å². The van der Waals surface area contributed by atoms with Gasteiger partial charge in [-0.2, -0.15) is 14.9 Å². The van der Waals surface area contributed by atoms with Crippen molar-refractivity contribution in [3.8, 4) is 28.8 Å². The molecule has 4 atom stereocenters. The number of nitrogens with zero attached hydrogens (tertiary/aromatic N) is 7. The van der Waals surface area contributed by atoms with Gasteiger partial charge in [0.2, 0.25) is 5.88 Å². The van der Waals surface area contributed by atoms with Crippen molar-refractivity contribution in [2.24, 2.45) is 0 Å². The van der Waals surface area contributed by atoms with E-state index in [0.717, 1.165) is 95.0 Å². The summed E-state index contributed by atoms with van der Waals surface area (Å²) in [7, 11) is 2.15. The number of likely N-dealkylation sites (N-methyl/N-ethyl adjacent to an activating group) is 1. The molecule has 2 saturated heterocycles. The maximum absolute atomic E-state index is 10.8. The molecule has 0 radical (unpaired) electrons. The maximum Gasteiger partial charge on any atom is 0.217 e.